The van der Waals surface area contributed by atoms with Gasteiger partial charge in [0.25, 0.3) is 0 Å². The number of carbonyl (C=O) groups is 1. The zero-order valence-electron chi connectivity index (χ0n) is 8.51. The van der Waals surface area contributed by atoms with Gasteiger partial charge in [0.15, 0.2) is 4.87 Å². The van der Waals surface area contributed by atoms with Crippen molar-refractivity contribution in [2.75, 3.05) is 0 Å². The Balaban J connectivity index is 2.22. The van der Waals surface area contributed by atoms with E-state index in [1.54, 1.807) is 0 Å². The molecule has 1 N–H and O–H groups in total. The second kappa shape index (κ2) is 4.14. The van der Waals surface area contributed by atoms with Gasteiger partial charge in [0.1, 0.15) is 0 Å². The van der Waals surface area contributed by atoms with Crippen molar-refractivity contribution >= 4 is 17.6 Å². The number of aliphatic carboxylic acids is 1. The molecule has 0 aromatic heterocycles. The maximum absolute atomic E-state index is 10.9. The molecule has 0 radical (unpaired) electrons. The topological polar surface area (TPSA) is 37.3 Å². The van der Waals surface area contributed by atoms with Crippen LogP contribution in [0.3, 0.4) is 0 Å². The van der Waals surface area contributed by atoms with Gasteiger partial charge in [0, 0.05) is 5.92 Å². The van der Waals surface area contributed by atoms with E-state index < -0.39 is 10.8 Å². The number of carboxylic acid groups (broad SMARTS) is 1. The average Bonchev–Trinajstić information content (AvgIpc) is 2.31. The Bertz CT molecular complexity index is 434. The number of carboxylic acids is 1. The van der Waals surface area contributed by atoms with Gasteiger partial charge in [0.2, 0.25) is 0 Å². The van der Waals surface area contributed by atoms with E-state index in [-0.39, 0.29) is 5.92 Å². The van der Waals surface area contributed by atoms with E-state index in [2.05, 4.69) is 0 Å². The summed E-state index contributed by atoms with van der Waals surface area (Å²) in [6.07, 6.45) is 6.68. The second-order valence-corrected chi connectivity index (χ2v) is 4.35. The minimum absolute atomic E-state index is 0.104. The number of hydrogen-bond donors (Lipinski definition) is 1. The summed E-state index contributed by atoms with van der Waals surface area (Å²) < 4.78 is 0. The fourth-order valence-electron chi connectivity index (χ4n) is 1.65. The lowest BCUT2D eigenvalue weighted by Gasteiger charge is -2.20. The van der Waals surface area contributed by atoms with Crippen molar-refractivity contribution in [3.8, 4) is 0 Å². The van der Waals surface area contributed by atoms with E-state index in [0.717, 1.165) is 5.56 Å². The Morgan fingerprint density at radius 1 is 1.19 bits per heavy atom. The summed E-state index contributed by atoms with van der Waals surface area (Å²) in [6.45, 7) is 0. The molecule has 0 amide bonds. The molecular weight excluding hydrogens is 224 g/mol. The predicted molar refractivity (Wildman–Crippen MR) is 63.7 cm³/mol. The van der Waals surface area contributed by atoms with Gasteiger partial charge in [-0.25, -0.2) is 4.79 Å². The second-order valence-electron chi connectivity index (χ2n) is 3.73. The van der Waals surface area contributed by atoms with E-state index in [0.29, 0.717) is 0 Å². The van der Waals surface area contributed by atoms with Crippen LogP contribution in [0.25, 0.3) is 0 Å². The Labute approximate surface area is 98.9 Å². The van der Waals surface area contributed by atoms with Crippen molar-refractivity contribution in [3.63, 3.8) is 0 Å². The minimum atomic E-state index is -1.38. The number of hydrogen-bond acceptors (Lipinski definition) is 1. The number of benzene rings is 1. The Kier molecular flexibility index (Phi) is 2.84. The Morgan fingerprint density at radius 2 is 1.75 bits per heavy atom. The third-order valence-electron chi connectivity index (χ3n) is 2.60. The molecule has 1 aromatic rings. The van der Waals surface area contributed by atoms with Gasteiger partial charge in [0.05, 0.1) is 0 Å². The first-order valence-electron chi connectivity index (χ1n) is 4.98. The van der Waals surface area contributed by atoms with E-state index >= 15 is 0 Å². The molecular formula is C13H11ClO2. The molecule has 0 saturated heterocycles. The van der Waals surface area contributed by atoms with Gasteiger partial charge < -0.3 is 5.11 Å². The van der Waals surface area contributed by atoms with Crippen LogP contribution in [0.1, 0.15) is 11.5 Å². The smallest absolute Gasteiger partial charge is 0.332 e. The van der Waals surface area contributed by atoms with Crippen molar-refractivity contribution in [2.45, 2.75) is 10.8 Å². The highest BCUT2D eigenvalue weighted by Crippen LogP contribution is 2.30. The first kappa shape index (κ1) is 11.0. The summed E-state index contributed by atoms with van der Waals surface area (Å²) in [5.74, 6) is -0.944. The van der Waals surface area contributed by atoms with Gasteiger partial charge in [-0.05, 0) is 5.56 Å². The van der Waals surface area contributed by atoms with Crippen LogP contribution in [0.2, 0.25) is 0 Å². The maximum atomic E-state index is 10.9. The van der Waals surface area contributed by atoms with Gasteiger partial charge in [-0.15, -0.1) is 0 Å². The van der Waals surface area contributed by atoms with Gasteiger partial charge in [-0.3, -0.25) is 0 Å². The first-order chi connectivity index (χ1) is 7.62. The molecule has 82 valence electrons. The molecule has 2 rings (SSSR count). The van der Waals surface area contributed by atoms with Gasteiger partial charge in [-0.2, -0.15) is 0 Å². The van der Waals surface area contributed by atoms with Crippen molar-refractivity contribution in [1.29, 1.82) is 0 Å². The third kappa shape index (κ3) is 2.02. The quantitative estimate of drug-likeness (QED) is 0.631. The van der Waals surface area contributed by atoms with Crippen LogP contribution in [-0.2, 0) is 4.79 Å². The molecule has 1 aliphatic carbocycles. The molecule has 0 heterocycles. The zero-order valence-corrected chi connectivity index (χ0v) is 9.26. The maximum Gasteiger partial charge on any atom is 0.332 e. The molecule has 0 saturated carbocycles. The summed E-state index contributed by atoms with van der Waals surface area (Å²) >= 11 is 5.89. The van der Waals surface area contributed by atoms with Crippen LogP contribution in [0, 0.1) is 0 Å². The van der Waals surface area contributed by atoms with Gasteiger partial charge in [-0.1, -0.05) is 66.2 Å². The molecule has 0 unspecified atom stereocenters. The van der Waals surface area contributed by atoms with E-state index in [4.69, 9.17) is 16.7 Å². The normalized spacial score (nSPS) is 27.9. The molecule has 0 spiro atoms. The fraction of sp³-hybridized carbons (Fsp3) is 0.154. The first-order valence-corrected chi connectivity index (χ1v) is 5.35. The lowest BCUT2D eigenvalue weighted by Crippen LogP contribution is -2.29. The number of allylic oxidation sites excluding steroid dienone is 2. The van der Waals surface area contributed by atoms with Crippen molar-refractivity contribution in [2.24, 2.45) is 0 Å². The van der Waals surface area contributed by atoms with E-state index in [1.807, 2.05) is 42.5 Å². The van der Waals surface area contributed by atoms with Crippen LogP contribution >= 0.6 is 11.6 Å². The summed E-state index contributed by atoms with van der Waals surface area (Å²) in [7, 11) is 0. The molecule has 3 heteroatoms. The number of alkyl halides is 1. The standard InChI is InChI=1S/C13H11ClO2/c14-13(12(15)16)8-6-11(7-9-13)10-4-2-1-3-5-10/h1-9,11H,(H,15,16). The largest absolute Gasteiger partial charge is 0.479 e. The molecule has 2 nitrogen and oxygen atoms in total. The van der Waals surface area contributed by atoms with Crippen LogP contribution in [0.15, 0.2) is 54.6 Å². The Hall–Kier alpha value is -1.54. The summed E-state index contributed by atoms with van der Waals surface area (Å²) in [5.41, 5.74) is 1.12. The highest BCUT2D eigenvalue weighted by molar-refractivity contribution is 6.37. The molecule has 1 aromatic carbocycles. The molecule has 0 aliphatic heterocycles. The summed E-state index contributed by atoms with van der Waals surface area (Å²) in [4.78, 5) is 9.50. The molecule has 1 aliphatic rings. The SMILES string of the molecule is O=C(O)C1(Cl)C=CC(c2ccccc2)C=C1. The molecule has 0 fully saturated rings. The minimum Gasteiger partial charge on any atom is -0.479 e. The van der Waals surface area contributed by atoms with Crippen LogP contribution < -0.4 is 0 Å². The highest BCUT2D eigenvalue weighted by Gasteiger charge is 2.32. The lowest BCUT2D eigenvalue weighted by molar-refractivity contribution is -0.137. The lowest BCUT2D eigenvalue weighted by atomic mass is 9.90. The van der Waals surface area contributed by atoms with Crippen LogP contribution in [0.5, 0.6) is 0 Å². The summed E-state index contributed by atoms with van der Waals surface area (Å²) in [6, 6.07) is 9.86. The molecule has 0 bridgehead atoms. The van der Waals surface area contributed by atoms with Gasteiger partial charge >= 0.3 is 5.97 Å². The average molecular weight is 235 g/mol. The zero-order chi connectivity index (χ0) is 11.6. The van der Waals surface area contributed by atoms with E-state index in [9.17, 15) is 4.79 Å². The summed E-state index contributed by atoms with van der Waals surface area (Å²) in [5, 5.41) is 8.92. The molecule has 16 heavy (non-hydrogen) atoms. The van der Waals surface area contributed by atoms with Crippen LogP contribution in [-0.4, -0.2) is 16.0 Å². The Morgan fingerprint density at radius 3 is 2.25 bits per heavy atom. The monoisotopic (exact) mass is 234 g/mol. The number of rotatable bonds is 2. The van der Waals surface area contributed by atoms with E-state index in [1.165, 1.54) is 12.2 Å². The van der Waals surface area contributed by atoms with Crippen molar-refractivity contribution in [3.05, 3.63) is 60.2 Å². The highest BCUT2D eigenvalue weighted by atomic mass is 35.5. The predicted octanol–water partition coefficient (Wildman–Crippen LogP) is 2.96. The van der Waals surface area contributed by atoms with Crippen molar-refractivity contribution in [1.82, 2.24) is 0 Å². The number of halogens is 1. The van der Waals surface area contributed by atoms with Crippen LogP contribution in [0.4, 0.5) is 0 Å². The van der Waals surface area contributed by atoms with Crippen molar-refractivity contribution < 1.29 is 9.90 Å². The third-order valence-corrected chi connectivity index (χ3v) is 3.02. The fourth-order valence-corrected chi connectivity index (χ4v) is 1.79. The molecule has 0 atom stereocenters.